The number of ketones is 1. The van der Waals surface area contributed by atoms with Crippen LogP contribution < -0.4 is 0 Å². The summed E-state index contributed by atoms with van der Waals surface area (Å²) in [5, 5.41) is 0. The van der Waals surface area contributed by atoms with Crippen LogP contribution in [0.3, 0.4) is 0 Å². The van der Waals surface area contributed by atoms with Gasteiger partial charge in [0.1, 0.15) is 5.82 Å². The van der Waals surface area contributed by atoms with Gasteiger partial charge in [-0.1, -0.05) is 33.8 Å². The zero-order chi connectivity index (χ0) is 12.3. The van der Waals surface area contributed by atoms with Crippen molar-refractivity contribution in [3.8, 4) is 0 Å². The van der Waals surface area contributed by atoms with Crippen LogP contribution in [-0.4, -0.2) is 5.78 Å². The molecule has 0 fully saturated rings. The first-order chi connectivity index (χ1) is 7.36. The molecule has 1 aromatic rings. The Labute approximate surface area is 96.7 Å². The van der Waals surface area contributed by atoms with Crippen LogP contribution in [0.2, 0.25) is 0 Å². The normalized spacial score (nSPS) is 11.6. The van der Waals surface area contributed by atoms with Crippen molar-refractivity contribution in [2.75, 3.05) is 0 Å². The Morgan fingerprint density at radius 1 is 1.31 bits per heavy atom. The number of carbonyl (C=O) groups is 1. The third kappa shape index (κ3) is 2.91. The molecule has 2 heteroatoms. The van der Waals surface area contributed by atoms with E-state index >= 15 is 0 Å². The Hall–Kier alpha value is -1.18. The fourth-order valence-corrected chi connectivity index (χ4v) is 1.57. The summed E-state index contributed by atoms with van der Waals surface area (Å²) in [5.41, 5.74) is 1.16. The monoisotopic (exact) mass is 222 g/mol. The van der Waals surface area contributed by atoms with Gasteiger partial charge in [-0.3, -0.25) is 4.79 Å². The predicted octanol–water partition coefficient (Wildman–Crippen LogP) is 4.11. The molecule has 0 saturated carbocycles. The summed E-state index contributed by atoms with van der Waals surface area (Å²) in [6, 6.07) is 4.83. The Morgan fingerprint density at radius 2 is 1.94 bits per heavy atom. The summed E-state index contributed by atoms with van der Waals surface area (Å²) in [4.78, 5) is 11.7. The summed E-state index contributed by atoms with van der Waals surface area (Å²) in [5.74, 6) is -0.516. The molecule has 1 rings (SSSR count). The lowest BCUT2D eigenvalue weighted by Gasteiger charge is -2.19. The summed E-state index contributed by atoms with van der Waals surface area (Å²) in [6.45, 7) is 8.07. The Balaban J connectivity index is 3.14. The highest BCUT2D eigenvalue weighted by Crippen LogP contribution is 2.24. The second kappa shape index (κ2) is 4.77. The first-order valence-electron chi connectivity index (χ1n) is 5.69. The number of rotatable bonds is 3. The van der Waals surface area contributed by atoms with Crippen LogP contribution in [0.15, 0.2) is 18.2 Å². The van der Waals surface area contributed by atoms with Gasteiger partial charge in [-0.2, -0.15) is 0 Å². The molecule has 0 aromatic heterocycles. The molecule has 0 N–H and O–H groups in total. The lowest BCUT2D eigenvalue weighted by Crippen LogP contribution is -2.13. The van der Waals surface area contributed by atoms with Gasteiger partial charge in [0.2, 0.25) is 0 Å². The minimum absolute atomic E-state index is 0.0606. The van der Waals surface area contributed by atoms with Crippen molar-refractivity contribution in [2.45, 2.75) is 46.0 Å². The molecule has 16 heavy (non-hydrogen) atoms. The molecule has 1 nitrogen and oxygen atoms in total. The largest absolute Gasteiger partial charge is 0.294 e. The fourth-order valence-electron chi connectivity index (χ4n) is 1.57. The van der Waals surface area contributed by atoms with Gasteiger partial charge in [-0.25, -0.2) is 4.39 Å². The van der Waals surface area contributed by atoms with Gasteiger partial charge < -0.3 is 0 Å². The highest BCUT2D eigenvalue weighted by Gasteiger charge is 2.18. The summed E-state index contributed by atoms with van der Waals surface area (Å²) in [6.07, 6.45) is 1.16. The van der Waals surface area contributed by atoms with Crippen molar-refractivity contribution in [3.63, 3.8) is 0 Å². The molecule has 88 valence electrons. The third-order valence-corrected chi connectivity index (χ3v) is 2.61. The second-order valence-electron chi connectivity index (χ2n) is 5.12. The smallest absolute Gasteiger partial charge is 0.165 e. The van der Waals surface area contributed by atoms with E-state index in [1.54, 1.807) is 12.1 Å². The first kappa shape index (κ1) is 12.9. The zero-order valence-electron chi connectivity index (χ0n) is 10.4. The number of benzene rings is 1. The SMILES string of the molecule is CCCC(=O)c1cc(C(C)(C)C)ccc1F. The van der Waals surface area contributed by atoms with Gasteiger partial charge in [-0.15, -0.1) is 0 Å². The van der Waals surface area contributed by atoms with E-state index in [1.807, 2.05) is 27.7 Å². The molecule has 0 atom stereocenters. The van der Waals surface area contributed by atoms with E-state index in [9.17, 15) is 9.18 Å². The highest BCUT2D eigenvalue weighted by atomic mass is 19.1. The average molecular weight is 222 g/mol. The van der Waals surface area contributed by atoms with E-state index in [4.69, 9.17) is 0 Å². The standard InChI is InChI=1S/C14H19FO/c1-5-6-13(16)11-9-10(14(2,3)4)7-8-12(11)15/h7-9H,5-6H2,1-4H3. The van der Waals surface area contributed by atoms with Gasteiger partial charge in [0.25, 0.3) is 0 Å². The fraction of sp³-hybridized carbons (Fsp3) is 0.500. The lowest BCUT2D eigenvalue weighted by atomic mass is 9.85. The van der Waals surface area contributed by atoms with Gasteiger partial charge in [0, 0.05) is 6.42 Å². The Kier molecular flexibility index (Phi) is 3.84. The molecule has 0 saturated heterocycles. The van der Waals surface area contributed by atoms with E-state index in [-0.39, 0.29) is 16.8 Å². The first-order valence-corrected chi connectivity index (χ1v) is 5.69. The molecule has 0 heterocycles. The van der Waals surface area contributed by atoms with Crippen LogP contribution >= 0.6 is 0 Å². The molecule has 0 aliphatic heterocycles. The molecule has 0 aliphatic rings. The van der Waals surface area contributed by atoms with Crippen molar-refractivity contribution in [2.24, 2.45) is 0 Å². The molecule has 0 amide bonds. The van der Waals surface area contributed by atoms with Gasteiger partial charge in [0.15, 0.2) is 5.78 Å². The average Bonchev–Trinajstić information content (AvgIpc) is 2.16. The minimum Gasteiger partial charge on any atom is -0.294 e. The number of hydrogen-bond donors (Lipinski definition) is 0. The maximum absolute atomic E-state index is 13.5. The number of halogens is 1. The van der Waals surface area contributed by atoms with E-state index in [1.165, 1.54) is 6.07 Å². The number of hydrogen-bond acceptors (Lipinski definition) is 1. The van der Waals surface area contributed by atoms with E-state index in [0.29, 0.717) is 6.42 Å². The molecule has 0 bridgehead atoms. The predicted molar refractivity (Wildman–Crippen MR) is 64.3 cm³/mol. The molecule has 0 aliphatic carbocycles. The van der Waals surface area contributed by atoms with E-state index < -0.39 is 5.82 Å². The molecule has 0 radical (unpaired) electrons. The highest BCUT2D eigenvalue weighted by molar-refractivity contribution is 5.96. The van der Waals surface area contributed by atoms with Crippen molar-refractivity contribution in [1.82, 2.24) is 0 Å². The molecular formula is C14H19FO. The molecule has 0 unspecified atom stereocenters. The van der Waals surface area contributed by atoms with Crippen LogP contribution in [0.4, 0.5) is 4.39 Å². The summed E-state index contributed by atoms with van der Waals surface area (Å²) < 4.78 is 13.5. The van der Waals surface area contributed by atoms with Crippen molar-refractivity contribution >= 4 is 5.78 Å². The maximum Gasteiger partial charge on any atom is 0.165 e. The number of Topliss-reactive ketones (excluding diaryl/α,β-unsaturated/α-hetero) is 1. The second-order valence-corrected chi connectivity index (χ2v) is 5.12. The molecule has 1 aromatic carbocycles. The van der Waals surface area contributed by atoms with Gasteiger partial charge in [-0.05, 0) is 29.5 Å². The van der Waals surface area contributed by atoms with Gasteiger partial charge in [0.05, 0.1) is 5.56 Å². The molecular weight excluding hydrogens is 203 g/mol. The minimum atomic E-state index is -0.411. The van der Waals surface area contributed by atoms with E-state index in [0.717, 1.165) is 12.0 Å². The van der Waals surface area contributed by atoms with Crippen LogP contribution in [-0.2, 0) is 5.41 Å². The Bertz CT molecular complexity index is 388. The lowest BCUT2D eigenvalue weighted by molar-refractivity contribution is 0.0977. The van der Waals surface area contributed by atoms with Crippen LogP contribution in [0.25, 0.3) is 0 Å². The van der Waals surface area contributed by atoms with Crippen LogP contribution in [0.5, 0.6) is 0 Å². The Morgan fingerprint density at radius 3 is 2.44 bits per heavy atom. The zero-order valence-corrected chi connectivity index (χ0v) is 10.4. The quantitative estimate of drug-likeness (QED) is 0.703. The van der Waals surface area contributed by atoms with Crippen molar-refractivity contribution in [1.29, 1.82) is 0 Å². The summed E-state index contributed by atoms with van der Waals surface area (Å²) >= 11 is 0. The maximum atomic E-state index is 13.5. The topological polar surface area (TPSA) is 17.1 Å². The van der Waals surface area contributed by atoms with Crippen molar-refractivity contribution < 1.29 is 9.18 Å². The number of carbonyl (C=O) groups excluding carboxylic acids is 1. The summed E-state index contributed by atoms with van der Waals surface area (Å²) in [7, 11) is 0. The van der Waals surface area contributed by atoms with Crippen molar-refractivity contribution in [3.05, 3.63) is 35.1 Å². The van der Waals surface area contributed by atoms with E-state index in [2.05, 4.69) is 0 Å². The molecule has 0 spiro atoms. The third-order valence-electron chi connectivity index (χ3n) is 2.61. The van der Waals surface area contributed by atoms with Gasteiger partial charge >= 0.3 is 0 Å². The van der Waals surface area contributed by atoms with Crippen LogP contribution in [0, 0.1) is 5.82 Å². The van der Waals surface area contributed by atoms with Crippen LogP contribution in [0.1, 0.15) is 56.5 Å².